The van der Waals surface area contributed by atoms with Gasteiger partial charge in [0.1, 0.15) is 5.75 Å². The molecule has 0 bridgehead atoms. The Labute approximate surface area is 97.2 Å². The molecule has 1 atom stereocenters. The van der Waals surface area contributed by atoms with Gasteiger partial charge in [0.25, 0.3) is 0 Å². The van der Waals surface area contributed by atoms with Crippen LogP contribution in [0, 0.1) is 0 Å². The lowest BCUT2D eigenvalue weighted by molar-refractivity contribution is 0.407. The molecule has 0 spiro atoms. The number of anilines is 2. The van der Waals surface area contributed by atoms with Gasteiger partial charge in [-0.2, -0.15) is 0 Å². The van der Waals surface area contributed by atoms with Crippen molar-refractivity contribution in [2.45, 2.75) is 32.2 Å². The van der Waals surface area contributed by atoms with E-state index >= 15 is 0 Å². The third-order valence-electron chi connectivity index (χ3n) is 3.32. The molecule has 1 saturated heterocycles. The Bertz CT molecular complexity index is 365. The lowest BCUT2D eigenvalue weighted by Gasteiger charge is -2.36. The second-order valence-electron chi connectivity index (χ2n) is 4.47. The summed E-state index contributed by atoms with van der Waals surface area (Å²) in [5.41, 5.74) is 7.69. The fraction of sp³-hybridized carbons (Fsp3) is 0.538. The third kappa shape index (κ3) is 2.08. The van der Waals surface area contributed by atoms with Crippen LogP contribution >= 0.6 is 0 Å². The zero-order valence-electron chi connectivity index (χ0n) is 10.1. The van der Waals surface area contributed by atoms with Gasteiger partial charge in [0.2, 0.25) is 0 Å². The highest BCUT2D eigenvalue weighted by Gasteiger charge is 2.21. The molecule has 16 heavy (non-hydrogen) atoms. The largest absolute Gasteiger partial charge is 0.495 e. The zero-order valence-corrected chi connectivity index (χ0v) is 10.1. The minimum absolute atomic E-state index is 0.589. The highest BCUT2D eigenvalue weighted by Crippen LogP contribution is 2.34. The number of piperidine rings is 1. The molecule has 0 aliphatic carbocycles. The van der Waals surface area contributed by atoms with Gasteiger partial charge in [-0.15, -0.1) is 0 Å². The number of ether oxygens (including phenoxy) is 1. The molecule has 1 heterocycles. The predicted octanol–water partition coefficient (Wildman–Crippen LogP) is 2.66. The van der Waals surface area contributed by atoms with E-state index < -0.39 is 0 Å². The molecule has 0 radical (unpaired) electrons. The average Bonchev–Trinajstić information content (AvgIpc) is 2.30. The molecule has 88 valence electrons. The number of nitrogens with zero attached hydrogens (tertiary/aromatic N) is 1. The van der Waals surface area contributed by atoms with Crippen LogP contribution in [0.4, 0.5) is 11.4 Å². The standard InChI is InChI=1S/C13H20N2O/c1-10-5-3-4-8-15(10)12-7-6-11(14)9-13(12)16-2/h6-7,9-10H,3-5,8,14H2,1-2H3/t10-/m0/s1. The van der Waals surface area contributed by atoms with Gasteiger partial charge in [-0.1, -0.05) is 0 Å². The Balaban J connectivity index is 2.30. The smallest absolute Gasteiger partial charge is 0.144 e. The zero-order chi connectivity index (χ0) is 11.5. The first-order chi connectivity index (χ1) is 7.72. The summed E-state index contributed by atoms with van der Waals surface area (Å²) >= 11 is 0. The molecule has 1 aliphatic heterocycles. The van der Waals surface area contributed by atoms with Crippen molar-refractivity contribution in [1.82, 2.24) is 0 Å². The van der Waals surface area contributed by atoms with Gasteiger partial charge in [-0.3, -0.25) is 0 Å². The van der Waals surface area contributed by atoms with E-state index in [9.17, 15) is 0 Å². The maximum atomic E-state index is 5.77. The van der Waals surface area contributed by atoms with E-state index in [0.717, 1.165) is 18.0 Å². The van der Waals surface area contributed by atoms with Crippen molar-refractivity contribution in [3.05, 3.63) is 18.2 Å². The van der Waals surface area contributed by atoms with Gasteiger partial charge in [0, 0.05) is 24.3 Å². The molecule has 2 rings (SSSR count). The van der Waals surface area contributed by atoms with Crippen LogP contribution in [0.25, 0.3) is 0 Å². The Hall–Kier alpha value is -1.38. The first-order valence-electron chi connectivity index (χ1n) is 5.92. The molecule has 0 saturated carbocycles. The summed E-state index contributed by atoms with van der Waals surface area (Å²) in [6.07, 6.45) is 3.85. The van der Waals surface area contributed by atoms with Gasteiger partial charge >= 0.3 is 0 Å². The van der Waals surface area contributed by atoms with Gasteiger partial charge < -0.3 is 15.4 Å². The molecule has 1 aromatic rings. The van der Waals surface area contributed by atoms with Gasteiger partial charge in [0.05, 0.1) is 12.8 Å². The first kappa shape index (κ1) is 11.1. The number of methoxy groups -OCH3 is 1. The minimum atomic E-state index is 0.589. The number of hydrogen-bond donors (Lipinski definition) is 1. The van der Waals surface area contributed by atoms with Gasteiger partial charge in [-0.05, 0) is 38.3 Å². The minimum Gasteiger partial charge on any atom is -0.495 e. The Kier molecular flexibility index (Phi) is 3.22. The van der Waals surface area contributed by atoms with Crippen LogP contribution in [-0.2, 0) is 0 Å². The summed E-state index contributed by atoms with van der Waals surface area (Å²) in [6, 6.07) is 6.50. The summed E-state index contributed by atoms with van der Waals surface area (Å²) in [5, 5.41) is 0. The second-order valence-corrected chi connectivity index (χ2v) is 4.47. The lowest BCUT2D eigenvalue weighted by atomic mass is 10.0. The monoisotopic (exact) mass is 220 g/mol. The van der Waals surface area contributed by atoms with Crippen LogP contribution in [-0.4, -0.2) is 19.7 Å². The molecule has 3 heteroatoms. The Morgan fingerprint density at radius 3 is 2.88 bits per heavy atom. The predicted molar refractivity (Wildman–Crippen MR) is 68.1 cm³/mol. The molecule has 0 aromatic heterocycles. The molecule has 0 amide bonds. The fourth-order valence-corrected chi connectivity index (χ4v) is 2.39. The second kappa shape index (κ2) is 4.64. The van der Waals surface area contributed by atoms with E-state index in [1.54, 1.807) is 7.11 Å². The van der Waals surface area contributed by atoms with Crippen molar-refractivity contribution >= 4 is 11.4 Å². The summed E-state index contributed by atoms with van der Waals surface area (Å²) in [4.78, 5) is 2.42. The molecule has 0 unspecified atom stereocenters. The number of hydrogen-bond acceptors (Lipinski definition) is 3. The quantitative estimate of drug-likeness (QED) is 0.779. The van der Waals surface area contributed by atoms with Crippen molar-refractivity contribution < 1.29 is 4.74 Å². The molecular formula is C13H20N2O. The number of nitrogen functional groups attached to an aromatic ring is 1. The Morgan fingerprint density at radius 2 is 2.19 bits per heavy atom. The molecule has 1 aliphatic rings. The molecule has 2 N–H and O–H groups in total. The van der Waals surface area contributed by atoms with Crippen LogP contribution in [0.5, 0.6) is 5.75 Å². The van der Waals surface area contributed by atoms with E-state index in [0.29, 0.717) is 6.04 Å². The van der Waals surface area contributed by atoms with Crippen LogP contribution in [0.3, 0.4) is 0 Å². The van der Waals surface area contributed by atoms with Crippen LogP contribution in [0.2, 0.25) is 0 Å². The van der Waals surface area contributed by atoms with Crippen molar-refractivity contribution in [3.8, 4) is 5.75 Å². The van der Waals surface area contributed by atoms with Gasteiger partial charge in [0.15, 0.2) is 0 Å². The fourth-order valence-electron chi connectivity index (χ4n) is 2.39. The van der Waals surface area contributed by atoms with Crippen molar-refractivity contribution in [2.75, 3.05) is 24.3 Å². The summed E-state index contributed by atoms with van der Waals surface area (Å²) in [6.45, 7) is 3.39. The van der Waals surface area contributed by atoms with E-state index in [-0.39, 0.29) is 0 Å². The maximum absolute atomic E-state index is 5.77. The summed E-state index contributed by atoms with van der Waals surface area (Å²) in [7, 11) is 1.70. The number of nitrogens with two attached hydrogens (primary N) is 1. The third-order valence-corrected chi connectivity index (χ3v) is 3.32. The van der Waals surface area contributed by atoms with E-state index in [1.165, 1.54) is 24.9 Å². The lowest BCUT2D eigenvalue weighted by Crippen LogP contribution is -2.37. The maximum Gasteiger partial charge on any atom is 0.144 e. The number of rotatable bonds is 2. The highest BCUT2D eigenvalue weighted by molar-refractivity contribution is 5.64. The molecular weight excluding hydrogens is 200 g/mol. The topological polar surface area (TPSA) is 38.5 Å². The van der Waals surface area contributed by atoms with Crippen molar-refractivity contribution in [1.29, 1.82) is 0 Å². The SMILES string of the molecule is COc1cc(N)ccc1N1CCCC[C@@H]1C. The summed E-state index contributed by atoms with van der Waals surface area (Å²) in [5.74, 6) is 0.883. The number of benzene rings is 1. The van der Waals surface area contributed by atoms with E-state index in [2.05, 4.69) is 17.9 Å². The average molecular weight is 220 g/mol. The highest BCUT2D eigenvalue weighted by atomic mass is 16.5. The summed E-state index contributed by atoms with van der Waals surface area (Å²) < 4.78 is 5.41. The van der Waals surface area contributed by atoms with E-state index in [1.807, 2.05) is 12.1 Å². The van der Waals surface area contributed by atoms with Crippen LogP contribution in [0.15, 0.2) is 18.2 Å². The molecule has 1 fully saturated rings. The van der Waals surface area contributed by atoms with E-state index in [4.69, 9.17) is 10.5 Å². The van der Waals surface area contributed by atoms with Crippen LogP contribution < -0.4 is 15.4 Å². The van der Waals surface area contributed by atoms with Gasteiger partial charge in [-0.25, -0.2) is 0 Å². The first-order valence-corrected chi connectivity index (χ1v) is 5.92. The van der Waals surface area contributed by atoms with Crippen LogP contribution in [0.1, 0.15) is 26.2 Å². The normalized spacial score (nSPS) is 20.9. The Morgan fingerprint density at radius 1 is 1.38 bits per heavy atom. The van der Waals surface area contributed by atoms with Crippen molar-refractivity contribution in [3.63, 3.8) is 0 Å². The van der Waals surface area contributed by atoms with Crippen molar-refractivity contribution in [2.24, 2.45) is 0 Å². The molecule has 3 nitrogen and oxygen atoms in total. The molecule has 1 aromatic carbocycles.